The zero-order valence-corrected chi connectivity index (χ0v) is 14.6. The van der Waals surface area contributed by atoms with E-state index >= 15 is 0 Å². The van der Waals surface area contributed by atoms with Crippen LogP contribution in [-0.2, 0) is 0 Å². The molecule has 0 heterocycles. The van der Waals surface area contributed by atoms with Gasteiger partial charge in [-0.15, -0.1) is 0 Å². The Labute approximate surface area is 131 Å². The Hall–Kier alpha value is 0.270. The minimum absolute atomic E-state index is 0.273. The molecule has 2 N–H and O–H groups in total. The lowest BCUT2D eigenvalue weighted by Gasteiger charge is -2.42. The van der Waals surface area contributed by atoms with E-state index in [1.165, 1.54) is 82.9 Å². The Bertz CT molecular complexity index is 221. The number of thioether (sulfide) groups is 1. The van der Waals surface area contributed by atoms with Gasteiger partial charge in [0.25, 0.3) is 0 Å². The summed E-state index contributed by atoms with van der Waals surface area (Å²) < 4.78 is 0. The molecule has 0 amide bonds. The lowest BCUT2D eigenvalue weighted by atomic mass is 9.84. The summed E-state index contributed by atoms with van der Waals surface area (Å²) in [4.78, 5) is 2.58. The average molecular weight is 301 g/mol. The van der Waals surface area contributed by atoms with Gasteiger partial charge in [0.15, 0.2) is 0 Å². The van der Waals surface area contributed by atoms with E-state index < -0.39 is 0 Å². The van der Waals surface area contributed by atoms with Gasteiger partial charge in [0.05, 0.1) is 0 Å². The molecule has 0 aromatic carbocycles. The molecule has 1 rings (SSSR count). The first-order valence-electron chi connectivity index (χ1n) is 8.65. The van der Waals surface area contributed by atoms with Gasteiger partial charge in [-0.05, 0) is 26.1 Å². The van der Waals surface area contributed by atoms with E-state index in [1.807, 2.05) is 11.8 Å². The fourth-order valence-electron chi connectivity index (χ4n) is 3.48. The molecule has 2 nitrogen and oxygen atoms in total. The number of nitrogens with zero attached hydrogens (tertiary/aromatic N) is 1. The van der Waals surface area contributed by atoms with Crippen LogP contribution in [-0.4, -0.2) is 42.6 Å². The van der Waals surface area contributed by atoms with Crippen LogP contribution in [0.1, 0.15) is 70.6 Å². The molecule has 120 valence electrons. The average Bonchev–Trinajstić information content (AvgIpc) is 2.46. The molecule has 0 bridgehead atoms. The fraction of sp³-hybridized carbons (Fsp3) is 1.00. The van der Waals surface area contributed by atoms with Crippen molar-refractivity contribution in [1.82, 2.24) is 4.90 Å². The first-order valence-corrected chi connectivity index (χ1v) is 10.0. The maximum Gasteiger partial charge on any atom is 0.0329 e. The third-order valence-corrected chi connectivity index (χ3v) is 5.70. The minimum Gasteiger partial charge on any atom is -0.329 e. The Kier molecular flexibility index (Phi) is 10.0. The molecule has 0 aromatic heterocycles. The van der Waals surface area contributed by atoms with Gasteiger partial charge in [-0.1, -0.05) is 57.8 Å². The van der Waals surface area contributed by atoms with Crippen LogP contribution >= 0.6 is 11.8 Å². The van der Waals surface area contributed by atoms with Crippen molar-refractivity contribution in [3.8, 4) is 0 Å². The predicted octanol–water partition coefficient (Wildman–Crippen LogP) is 4.28. The van der Waals surface area contributed by atoms with E-state index in [2.05, 4.69) is 18.2 Å². The van der Waals surface area contributed by atoms with Crippen LogP contribution in [0.5, 0.6) is 0 Å². The van der Waals surface area contributed by atoms with Crippen molar-refractivity contribution < 1.29 is 0 Å². The van der Waals surface area contributed by atoms with Gasteiger partial charge in [-0.3, -0.25) is 4.90 Å². The highest BCUT2D eigenvalue weighted by molar-refractivity contribution is 7.98. The monoisotopic (exact) mass is 300 g/mol. The largest absolute Gasteiger partial charge is 0.329 e. The highest BCUT2D eigenvalue weighted by Crippen LogP contribution is 2.29. The van der Waals surface area contributed by atoms with Crippen LogP contribution in [0.3, 0.4) is 0 Å². The van der Waals surface area contributed by atoms with Gasteiger partial charge in [0.2, 0.25) is 0 Å². The second-order valence-corrected chi connectivity index (χ2v) is 7.51. The van der Waals surface area contributed by atoms with E-state index in [0.717, 1.165) is 6.54 Å². The van der Waals surface area contributed by atoms with Crippen LogP contribution in [0.25, 0.3) is 0 Å². The summed E-state index contributed by atoms with van der Waals surface area (Å²) in [7, 11) is 2.30. The maximum atomic E-state index is 6.24. The second kappa shape index (κ2) is 10.9. The van der Waals surface area contributed by atoms with Crippen LogP contribution < -0.4 is 5.73 Å². The molecule has 0 unspecified atom stereocenters. The molecule has 1 saturated carbocycles. The third-order valence-electron chi connectivity index (χ3n) is 5.10. The molecule has 0 saturated heterocycles. The predicted molar refractivity (Wildman–Crippen MR) is 93.6 cm³/mol. The van der Waals surface area contributed by atoms with E-state index in [1.54, 1.807) is 0 Å². The molecule has 3 heteroatoms. The fourth-order valence-corrected chi connectivity index (χ4v) is 3.93. The van der Waals surface area contributed by atoms with Gasteiger partial charge >= 0.3 is 0 Å². The lowest BCUT2D eigenvalue weighted by molar-refractivity contribution is 0.105. The summed E-state index contributed by atoms with van der Waals surface area (Å²) in [6.45, 7) is 2.01. The molecule has 0 radical (unpaired) electrons. The zero-order chi connectivity index (χ0) is 14.7. The SMILES string of the molecule is CSCCN(C)C1(CN)CCCCCCCCCCC1. The van der Waals surface area contributed by atoms with Crippen molar-refractivity contribution in [1.29, 1.82) is 0 Å². The van der Waals surface area contributed by atoms with Crippen LogP contribution in [0.4, 0.5) is 0 Å². The number of hydrogen-bond donors (Lipinski definition) is 1. The van der Waals surface area contributed by atoms with Crippen LogP contribution in [0.15, 0.2) is 0 Å². The van der Waals surface area contributed by atoms with Crippen molar-refractivity contribution in [3.63, 3.8) is 0 Å². The molecule has 0 aliphatic heterocycles. The normalized spacial score (nSPS) is 22.2. The zero-order valence-electron chi connectivity index (χ0n) is 13.8. The Morgan fingerprint density at radius 3 is 1.75 bits per heavy atom. The van der Waals surface area contributed by atoms with Crippen molar-refractivity contribution in [3.05, 3.63) is 0 Å². The molecule has 1 fully saturated rings. The van der Waals surface area contributed by atoms with E-state index in [4.69, 9.17) is 5.73 Å². The van der Waals surface area contributed by atoms with Gasteiger partial charge in [-0.25, -0.2) is 0 Å². The second-order valence-electron chi connectivity index (χ2n) is 6.52. The topological polar surface area (TPSA) is 29.3 Å². The number of hydrogen-bond acceptors (Lipinski definition) is 3. The first kappa shape index (κ1) is 18.3. The number of rotatable bonds is 5. The van der Waals surface area contributed by atoms with Crippen molar-refractivity contribution in [2.75, 3.05) is 32.1 Å². The summed E-state index contributed by atoms with van der Waals surface area (Å²) in [6.07, 6.45) is 17.5. The van der Waals surface area contributed by atoms with Crippen molar-refractivity contribution in [2.24, 2.45) is 5.73 Å². The summed E-state index contributed by atoms with van der Waals surface area (Å²) in [5.74, 6) is 1.22. The highest BCUT2D eigenvalue weighted by atomic mass is 32.2. The summed E-state index contributed by atoms with van der Waals surface area (Å²) in [5, 5.41) is 0. The quantitative estimate of drug-likeness (QED) is 0.821. The third kappa shape index (κ3) is 6.36. The van der Waals surface area contributed by atoms with Crippen LogP contribution in [0, 0.1) is 0 Å². The number of likely N-dealkylation sites (N-methyl/N-ethyl adjacent to an activating group) is 1. The molecule has 1 aliphatic rings. The highest BCUT2D eigenvalue weighted by Gasteiger charge is 2.31. The molecule has 0 aromatic rings. The lowest BCUT2D eigenvalue weighted by Crippen LogP contribution is -2.52. The van der Waals surface area contributed by atoms with E-state index in [-0.39, 0.29) is 5.54 Å². The van der Waals surface area contributed by atoms with E-state index in [9.17, 15) is 0 Å². The maximum absolute atomic E-state index is 6.24. The summed E-state index contributed by atoms with van der Waals surface area (Å²) >= 11 is 1.94. The summed E-state index contributed by atoms with van der Waals surface area (Å²) in [5.41, 5.74) is 6.52. The van der Waals surface area contributed by atoms with Crippen molar-refractivity contribution >= 4 is 11.8 Å². The van der Waals surface area contributed by atoms with Gasteiger partial charge in [-0.2, -0.15) is 11.8 Å². The van der Waals surface area contributed by atoms with Gasteiger partial charge < -0.3 is 5.73 Å². The molecular formula is C17H36N2S. The van der Waals surface area contributed by atoms with Gasteiger partial charge in [0, 0.05) is 24.4 Å². The smallest absolute Gasteiger partial charge is 0.0329 e. The standard InChI is InChI=1S/C17H36N2S/c1-19(14-15-20-2)17(16-18)12-10-8-6-4-3-5-7-9-11-13-17/h3-16,18H2,1-2H3. The molecule has 1 aliphatic carbocycles. The molecule has 20 heavy (non-hydrogen) atoms. The van der Waals surface area contributed by atoms with Gasteiger partial charge in [0.1, 0.15) is 0 Å². The van der Waals surface area contributed by atoms with Crippen LogP contribution in [0.2, 0.25) is 0 Å². The first-order chi connectivity index (χ1) is 9.75. The molecule has 0 atom stereocenters. The summed E-state index contributed by atoms with van der Waals surface area (Å²) in [6, 6.07) is 0. The minimum atomic E-state index is 0.273. The van der Waals surface area contributed by atoms with Crippen molar-refractivity contribution in [2.45, 2.75) is 76.2 Å². The molecular weight excluding hydrogens is 264 g/mol. The Balaban J connectivity index is 2.59. The Morgan fingerprint density at radius 1 is 0.900 bits per heavy atom. The molecule has 0 spiro atoms. The van der Waals surface area contributed by atoms with E-state index in [0.29, 0.717) is 0 Å². The number of nitrogens with two attached hydrogens (primary N) is 1. The Morgan fingerprint density at radius 2 is 1.35 bits per heavy atom.